The maximum absolute atomic E-state index is 13.0. The van der Waals surface area contributed by atoms with Crippen LogP contribution in [0, 0.1) is 0 Å². The van der Waals surface area contributed by atoms with Crippen molar-refractivity contribution in [3.05, 3.63) is 35.9 Å². The summed E-state index contributed by atoms with van der Waals surface area (Å²) in [5.41, 5.74) is 0.175. The quantitative estimate of drug-likeness (QED) is 0.919. The molecule has 5 heteroatoms. The van der Waals surface area contributed by atoms with Gasteiger partial charge in [0.25, 0.3) is 0 Å². The Morgan fingerprint density at radius 1 is 1.04 bits per heavy atom. The zero-order chi connectivity index (χ0) is 17.6. The minimum atomic E-state index is -0.709. The summed E-state index contributed by atoms with van der Waals surface area (Å²) in [5.74, 6) is -0.0611. The highest BCUT2D eigenvalue weighted by atomic mass is 16.6. The summed E-state index contributed by atoms with van der Waals surface area (Å²) in [6.45, 7) is 6.92. The van der Waals surface area contributed by atoms with E-state index < -0.39 is 17.7 Å². The SMILES string of the molecule is CC(C)(C)OC(=O)N[C@H](C(=O)N1CCCCCC1)c1ccccc1. The Morgan fingerprint density at radius 3 is 2.17 bits per heavy atom. The minimum Gasteiger partial charge on any atom is -0.444 e. The number of nitrogens with one attached hydrogen (secondary N) is 1. The summed E-state index contributed by atoms with van der Waals surface area (Å²) < 4.78 is 5.33. The topological polar surface area (TPSA) is 58.6 Å². The van der Waals surface area contributed by atoms with Gasteiger partial charge in [-0.3, -0.25) is 4.79 Å². The van der Waals surface area contributed by atoms with E-state index in [-0.39, 0.29) is 5.91 Å². The Hall–Kier alpha value is -2.04. The van der Waals surface area contributed by atoms with Crippen LogP contribution in [0.1, 0.15) is 58.1 Å². The molecule has 1 heterocycles. The Labute approximate surface area is 144 Å². The molecule has 5 nitrogen and oxygen atoms in total. The maximum atomic E-state index is 13.0. The summed E-state index contributed by atoms with van der Waals surface area (Å²) in [4.78, 5) is 27.1. The van der Waals surface area contributed by atoms with E-state index in [2.05, 4.69) is 5.32 Å². The zero-order valence-corrected chi connectivity index (χ0v) is 14.9. The fraction of sp³-hybridized carbons (Fsp3) is 0.579. The average molecular weight is 332 g/mol. The van der Waals surface area contributed by atoms with Crippen LogP contribution in [0.15, 0.2) is 30.3 Å². The highest BCUT2D eigenvalue weighted by Crippen LogP contribution is 2.20. The molecular weight excluding hydrogens is 304 g/mol. The highest BCUT2D eigenvalue weighted by Gasteiger charge is 2.29. The zero-order valence-electron chi connectivity index (χ0n) is 14.9. The normalized spacial score (nSPS) is 16.9. The first-order chi connectivity index (χ1) is 11.4. The lowest BCUT2D eigenvalue weighted by molar-refractivity contribution is -0.133. The number of benzene rings is 1. The number of carbonyl (C=O) groups excluding carboxylic acids is 2. The number of nitrogens with zero attached hydrogens (tertiary/aromatic N) is 1. The van der Waals surface area contributed by atoms with Gasteiger partial charge in [-0.25, -0.2) is 4.79 Å². The molecule has 0 bridgehead atoms. The average Bonchev–Trinajstić information content (AvgIpc) is 2.80. The first-order valence-electron chi connectivity index (χ1n) is 8.70. The van der Waals surface area contributed by atoms with Crippen LogP contribution < -0.4 is 5.32 Å². The van der Waals surface area contributed by atoms with Crippen molar-refractivity contribution in [2.24, 2.45) is 0 Å². The van der Waals surface area contributed by atoms with E-state index in [4.69, 9.17) is 4.74 Å². The molecule has 1 aromatic rings. The first kappa shape index (κ1) is 18.3. The molecule has 0 saturated carbocycles. The fourth-order valence-corrected chi connectivity index (χ4v) is 2.83. The first-order valence-corrected chi connectivity index (χ1v) is 8.70. The molecular formula is C19H28N2O3. The summed E-state index contributed by atoms with van der Waals surface area (Å²) in [7, 11) is 0. The van der Waals surface area contributed by atoms with E-state index in [1.165, 1.54) is 0 Å². The van der Waals surface area contributed by atoms with Gasteiger partial charge < -0.3 is 15.0 Å². The summed E-state index contributed by atoms with van der Waals surface area (Å²) in [6.07, 6.45) is 3.76. The van der Waals surface area contributed by atoms with Crippen LogP contribution in [-0.4, -0.2) is 35.6 Å². The molecule has 132 valence electrons. The summed E-state index contributed by atoms with van der Waals surface area (Å²) >= 11 is 0. The van der Waals surface area contributed by atoms with Crippen LogP contribution >= 0.6 is 0 Å². The molecule has 1 N–H and O–H groups in total. The predicted molar refractivity (Wildman–Crippen MR) is 93.6 cm³/mol. The van der Waals surface area contributed by atoms with Crippen molar-refractivity contribution < 1.29 is 14.3 Å². The van der Waals surface area contributed by atoms with Crippen molar-refractivity contribution in [2.75, 3.05) is 13.1 Å². The smallest absolute Gasteiger partial charge is 0.408 e. The van der Waals surface area contributed by atoms with Crippen LogP contribution in [-0.2, 0) is 9.53 Å². The minimum absolute atomic E-state index is 0.0611. The number of carbonyl (C=O) groups is 2. The molecule has 1 aliphatic rings. The number of hydrogen-bond donors (Lipinski definition) is 1. The molecule has 24 heavy (non-hydrogen) atoms. The van der Waals surface area contributed by atoms with Gasteiger partial charge in [0.1, 0.15) is 11.6 Å². The van der Waals surface area contributed by atoms with Gasteiger partial charge in [-0.2, -0.15) is 0 Å². The van der Waals surface area contributed by atoms with Gasteiger partial charge in [-0.15, -0.1) is 0 Å². The monoisotopic (exact) mass is 332 g/mol. The number of ether oxygens (including phenoxy) is 1. The molecule has 0 radical (unpaired) electrons. The van der Waals surface area contributed by atoms with Crippen molar-refractivity contribution in [3.63, 3.8) is 0 Å². The lowest BCUT2D eigenvalue weighted by atomic mass is 10.1. The maximum Gasteiger partial charge on any atom is 0.408 e. The Bertz CT molecular complexity index is 543. The van der Waals surface area contributed by atoms with Gasteiger partial charge in [0.2, 0.25) is 5.91 Å². The van der Waals surface area contributed by atoms with E-state index in [1.807, 2.05) is 35.2 Å². The number of alkyl carbamates (subject to hydrolysis) is 1. The van der Waals surface area contributed by atoms with Gasteiger partial charge in [0, 0.05) is 13.1 Å². The van der Waals surface area contributed by atoms with E-state index in [1.54, 1.807) is 20.8 Å². The van der Waals surface area contributed by atoms with Crippen LogP contribution in [0.25, 0.3) is 0 Å². The van der Waals surface area contributed by atoms with E-state index in [9.17, 15) is 9.59 Å². The van der Waals surface area contributed by atoms with Gasteiger partial charge in [0.15, 0.2) is 0 Å². The molecule has 1 atom stereocenters. The number of rotatable bonds is 3. The molecule has 0 aromatic heterocycles. The Morgan fingerprint density at radius 2 is 1.62 bits per heavy atom. The molecule has 0 aliphatic carbocycles. The molecule has 1 aromatic carbocycles. The number of likely N-dealkylation sites (tertiary alicyclic amines) is 1. The standard InChI is InChI=1S/C19H28N2O3/c1-19(2,3)24-18(23)20-16(15-11-7-6-8-12-15)17(22)21-13-9-4-5-10-14-21/h6-8,11-12,16H,4-5,9-10,13-14H2,1-3H3,(H,20,23)/t16-/m0/s1. The number of hydrogen-bond acceptors (Lipinski definition) is 3. The molecule has 0 spiro atoms. The van der Waals surface area contributed by atoms with E-state index in [0.717, 1.165) is 44.3 Å². The van der Waals surface area contributed by atoms with Gasteiger partial charge in [-0.05, 0) is 39.2 Å². The largest absolute Gasteiger partial charge is 0.444 e. The van der Waals surface area contributed by atoms with Gasteiger partial charge in [0.05, 0.1) is 0 Å². The fourth-order valence-electron chi connectivity index (χ4n) is 2.83. The van der Waals surface area contributed by atoms with Crippen molar-refractivity contribution in [2.45, 2.75) is 58.1 Å². The second-order valence-electron chi connectivity index (χ2n) is 7.23. The second kappa shape index (κ2) is 8.18. The highest BCUT2D eigenvalue weighted by molar-refractivity contribution is 5.87. The third-order valence-electron chi connectivity index (χ3n) is 3.96. The molecule has 0 unspecified atom stereocenters. The van der Waals surface area contributed by atoms with Crippen LogP contribution in [0.2, 0.25) is 0 Å². The van der Waals surface area contributed by atoms with Crippen molar-refractivity contribution in [3.8, 4) is 0 Å². The van der Waals surface area contributed by atoms with Crippen molar-refractivity contribution in [1.82, 2.24) is 10.2 Å². The molecule has 1 fully saturated rings. The van der Waals surface area contributed by atoms with Crippen LogP contribution in [0.3, 0.4) is 0 Å². The van der Waals surface area contributed by atoms with Gasteiger partial charge in [-0.1, -0.05) is 43.2 Å². The third kappa shape index (κ3) is 5.55. The summed E-state index contributed by atoms with van der Waals surface area (Å²) in [6, 6.07) is 8.64. The van der Waals surface area contributed by atoms with Crippen LogP contribution in [0.5, 0.6) is 0 Å². The second-order valence-corrected chi connectivity index (χ2v) is 7.23. The molecule has 2 rings (SSSR count). The number of amides is 2. The van der Waals surface area contributed by atoms with Crippen molar-refractivity contribution in [1.29, 1.82) is 0 Å². The predicted octanol–water partition coefficient (Wildman–Crippen LogP) is 3.66. The Balaban J connectivity index is 2.16. The van der Waals surface area contributed by atoms with Crippen LogP contribution in [0.4, 0.5) is 4.79 Å². The Kier molecular flexibility index (Phi) is 6.23. The lowest BCUT2D eigenvalue weighted by Gasteiger charge is -2.28. The molecule has 1 saturated heterocycles. The third-order valence-corrected chi connectivity index (χ3v) is 3.96. The molecule has 1 aliphatic heterocycles. The molecule has 2 amide bonds. The van der Waals surface area contributed by atoms with E-state index >= 15 is 0 Å². The lowest BCUT2D eigenvalue weighted by Crippen LogP contribution is -2.44. The van der Waals surface area contributed by atoms with E-state index in [0.29, 0.717) is 0 Å². The van der Waals surface area contributed by atoms with Crippen molar-refractivity contribution >= 4 is 12.0 Å². The van der Waals surface area contributed by atoms with Gasteiger partial charge >= 0.3 is 6.09 Å². The summed E-state index contributed by atoms with van der Waals surface area (Å²) in [5, 5.41) is 2.75.